The lowest BCUT2D eigenvalue weighted by Crippen LogP contribution is -2.26. The predicted molar refractivity (Wildman–Crippen MR) is 128 cm³/mol. The molecule has 158 valence electrons. The predicted octanol–water partition coefficient (Wildman–Crippen LogP) is 5.60. The fourth-order valence-electron chi connectivity index (χ4n) is 3.57. The maximum absolute atomic E-state index is 12.6. The Morgan fingerprint density at radius 2 is 1.90 bits per heavy atom. The lowest BCUT2D eigenvalue weighted by Gasteiger charge is -2.12. The van der Waals surface area contributed by atoms with Gasteiger partial charge in [0.25, 0.3) is 0 Å². The third-order valence-electron chi connectivity index (χ3n) is 5.30. The zero-order valence-corrected chi connectivity index (χ0v) is 19.4. The first-order valence-corrected chi connectivity index (χ1v) is 10.9. The molecule has 0 bridgehead atoms. The number of hydrogen-bond acceptors (Lipinski definition) is 3. The summed E-state index contributed by atoms with van der Waals surface area (Å²) in [6.07, 6.45) is 2.28. The third-order valence-corrected chi connectivity index (χ3v) is 6.01. The highest BCUT2D eigenvalue weighted by Crippen LogP contribution is 2.35. The number of unbranched alkanes of at least 4 members (excludes halogenated alkanes) is 1. The number of benzene rings is 2. The van der Waals surface area contributed by atoms with Crippen LogP contribution in [0.25, 0.3) is 10.9 Å². The van der Waals surface area contributed by atoms with Gasteiger partial charge in [-0.3, -0.25) is 4.79 Å². The number of fused-ring (bicyclic) bond motifs is 1. The van der Waals surface area contributed by atoms with E-state index in [4.69, 9.17) is 28.6 Å². The van der Waals surface area contributed by atoms with Crippen molar-refractivity contribution >= 4 is 45.6 Å². The molecule has 1 amide bonds. The molecule has 0 fully saturated rings. The molecule has 2 aromatic carbocycles. The third kappa shape index (κ3) is 4.52. The fraction of sp³-hybridized carbons (Fsp3) is 0.333. The molecule has 3 aromatic rings. The summed E-state index contributed by atoms with van der Waals surface area (Å²) in [4.78, 5) is 13.3. The summed E-state index contributed by atoms with van der Waals surface area (Å²) in [5, 5.41) is 4.44. The second kappa shape index (κ2) is 9.63. The maximum Gasteiger partial charge on any atom is 0.224 e. The lowest BCUT2D eigenvalue weighted by atomic mass is 10.1. The van der Waals surface area contributed by atoms with Crippen LogP contribution in [0.15, 0.2) is 36.4 Å². The van der Waals surface area contributed by atoms with Gasteiger partial charge in [-0.2, -0.15) is 0 Å². The van der Waals surface area contributed by atoms with Crippen molar-refractivity contribution < 1.29 is 9.53 Å². The molecule has 0 aliphatic rings. The number of nitrogens with zero attached hydrogens (tertiary/aromatic N) is 1. The van der Waals surface area contributed by atoms with E-state index >= 15 is 0 Å². The van der Waals surface area contributed by atoms with Crippen LogP contribution in [-0.2, 0) is 11.2 Å². The fourth-order valence-corrected chi connectivity index (χ4v) is 4.18. The van der Waals surface area contributed by atoms with E-state index in [9.17, 15) is 4.79 Å². The lowest BCUT2D eigenvalue weighted by molar-refractivity contribution is -0.120. The van der Waals surface area contributed by atoms with Crippen LogP contribution in [0.1, 0.15) is 42.1 Å². The Morgan fingerprint density at radius 1 is 1.20 bits per heavy atom. The monoisotopic (exact) mass is 442 g/mol. The SMILES string of the molecule is CCCCNC(=O)Cc1c(C)n(C(=S)c2ccc(C)cc2)c2cc(Cl)c(OC)cc12. The van der Waals surface area contributed by atoms with Crippen LogP contribution in [0.5, 0.6) is 5.75 Å². The van der Waals surface area contributed by atoms with Gasteiger partial charge in [-0.25, -0.2) is 0 Å². The molecular weight excluding hydrogens is 416 g/mol. The zero-order valence-electron chi connectivity index (χ0n) is 17.8. The van der Waals surface area contributed by atoms with Gasteiger partial charge in [0, 0.05) is 23.2 Å². The summed E-state index contributed by atoms with van der Waals surface area (Å²) >= 11 is 12.3. The average molecular weight is 443 g/mol. The number of rotatable bonds is 7. The van der Waals surface area contributed by atoms with Gasteiger partial charge in [0.15, 0.2) is 0 Å². The number of methoxy groups -OCH3 is 1. The Labute approximate surface area is 188 Å². The summed E-state index contributed by atoms with van der Waals surface area (Å²) in [6, 6.07) is 11.9. The largest absolute Gasteiger partial charge is 0.495 e. The second-order valence-corrected chi connectivity index (χ2v) is 8.25. The van der Waals surface area contributed by atoms with Gasteiger partial charge in [-0.05, 0) is 38.0 Å². The molecule has 0 spiro atoms. The minimum absolute atomic E-state index is 0.000714. The quantitative estimate of drug-likeness (QED) is 0.382. The van der Waals surface area contributed by atoms with E-state index in [1.54, 1.807) is 7.11 Å². The van der Waals surface area contributed by atoms with E-state index in [1.807, 2.05) is 54.8 Å². The minimum Gasteiger partial charge on any atom is -0.495 e. The molecule has 0 aliphatic carbocycles. The summed E-state index contributed by atoms with van der Waals surface area (Å²) in [6.45, 7) is 6.83. The number of carbonyl (C=O) groups excluding carboxylic acids is 1. The normalized spacial score (nSPS) is 11.0. The molecule has 1 heterocycles. The Hall–Kier alpha value is -2.37. The van der Waals surface area contributed by atoms with Crippen molar-refractivity contribution in [1.82, 2.24) is 9.88 Å². The van der Waals surface area contributed by atoms with Crippen LogP contribution < -0.4 is 10.1 Å². The number of ether oxygens (including phenoxy) is 1. The summed E-state index contributed by atoms with van der Waals surface area (Å²) in [5.74, 6) is 0.580. The van der Waals surface area contributed by atoms with Crippen molar-refractivity contribution in [1.29, 1.82) is 0 Å². The number of carbonyl (C=O) groups is 1. The standard InChI is InChI=1S/C24H27ClN2O2S/c1-5-6-11-26-23(28)13-18-16(3)27(24(30)17-9-7-15(2)8-10-17)21-14-20(25)22(29-4)12-19(18)21/h7-10,12,14H,5-6,11,13H2,1-4H3,(H,26,28). The number of thiocarbonyl (C=S) groups is 1. The highest BCUT2D eigenvalue weighted by atomic mass is 35.5. The Balaban J connectivity index is 2.11. The van der Waals surface area contributed by atoms with Crippen LogP contribution in [0.4, 0.5) is 0 Å². The van der Waals surface area contributed by atoms with Gasteiger partial charge in [-0.15, -0.1) is 0 Å². The van der Waals surface area contributed by atoms with Crippen molar-refractivity contribution in [2.75, 3.05) is 13.7 Å². The number of halogens is 1. The maximum atomic E-state index is 12.6. The van der Waals surface area contributed by atoms with Crippen molar-refractivity contribution in [2.45, 2.75) is 40.0 Å². The van der Waals surface area contributed by atoms with Crippen LogP contribution >= 0.6 is 23.8 Å². The Morgan fingerprint density at radius 3 is 2.53 bits per heavy atom. The van der Waals surface area contributed by atoms with Gasteiger partial charge >= 0.3 is 0 Å². The minimum atomic E-state index is 0.000714. The molecule has 0 unspecified atom stereocenters. The highest BCUT2D eigenvalue weighted by molar-refractivity contribution is 7.80. The van der Waals surface area contributed by atoms with E-state index in [2.05, 4.69) is 12.2 Å². The van der Waals surface area contributed by atoms with Crippen LogP contribution in [-0.4, -0.2) is 29.1 Å². The number of nitrogens with one attached hydrogen (secondary N) is 1. The van der Waals surface area contributed by atoms with Crippen LogP contribution in [0.3, 0.4) is 0 Å². The topological polar surface area (TPSA) is 43.3 Å². The summed E-state index contributed by atoms with van der Waals surface area (Å²) < 4.78 is 7.43. The number of aryl methyl sites for hydroxylation is 1. The molecule has 0 atom stereocenters. The zero-order chi connectivity index (χ0) is 21.8. The molecule has 0 saturated heterocycles. The number of hydrogen-bond donors (Lipinski definition) is 1. The van der Waals surface area contributed by atoms with E-state index < -0.39 is 0 Å². The molecule has 30 heavy (non-hydrogen) atoms. The van der Waals surface area contributed by atoms with E-state index in [0.29, 0.717) is 22.3 Å². The summed E-state index contributed by atoms with van der Waals surface area (Å²) in [5.41, 5.74) is 4.86. The highest BCUT2D eigenvalue weighted by Gasteiger charge is 2.21. The molecule has 0 saturated carbocycles. The number of amides is 1. The van der Waals surface area contributed by atoms with Crippen molar-refractivity contribution in [3.63, 3.8) is 0 Å². The van der Waals surface area contributed by atoms with Crippen LogP contribution in [0, 0.1) is 13.8 Å². The molecule has 1 N–H and O–H groups in total. The smallest absolute Gasteiger partial charge is 0.224 e. The van der Waals surface area contributed by atoms with Crippen molar-refractivity contribution in [2.24, 2.45) is 0 Å². The molecule has 6 heteroatoms. The van der Waals surface area contributed by atoms with Crippen LogP contribution in [0.2, 0.25) is 5.02 Å². The molecule has 1 aromatic heterocycles. The first-order valence-electron chi connectivity index (χ1n) is 10.1. The number of aromatic nitrogens is 1. The van der Waals surface area contributed by atoms with Crippen molar-refractivity contribution in [3.8, 4) is 5.75 Å². The van der Waals surface area contributed by atoms with Gasteiger partial charge in [-0.1, -0.05) is 67.0 Å². The van der Waals surface area contributed by atoms with Gasteiger partial charge in [0.05, 0.1) is 24.1 Å². The second-order valence-electron chi connectivity index (χ2n) is 7.45. The molecule has 4 nitrogen and oxygen atoms in total. The molecule has 0 aliphatic heterocycles. The molecular formula is C24H27ClN2O2S. The average Bonchev–Trinajstić information content (AvgIpc) is 2.98. The van der Waals surface area contributed by atoms with E-state index in [0.717, 1.165) is 40.6 Å². The molecule has 0 radical (unpaired) electrons. The first-order chi connectivity index (χ1) is 14.4. The van der Waals surface area contributed by atoms with E-state index in [1.165, 1.54) is 5.56 Å². The first kappa shape index (κ1) is 22.3. The molecule has 3 rings (SSSR count). The Kier molecular flexibility index (Phi) is 7.16. The summed E-state index contributed by atoms with van der Waals surface area (Å²) in [7, 11) is 1.59. The van der Waals surface area contributed by atoms with Gasteiger partial charge in [0.1, 0.15) is 10.7 Å². The van der Waals surface area contributed by atoms with E-state index in [-0.39, 0.29) is 12.3 Å². The Bertz CT molecular complexity index is 1090. The van der Waals surface area contributed by atoms with Gasteiger partial charge in [0.2, 0.25) is 5.91 Å². The van der Waals surface area contributed by atoms with Gasteiger partial charge < -0.3 is 14.6 Å². The van der Waals surface area contributed by atoms with Crippen molar-refractivity contribution in [3.05, 3.63) is 63.8 Å².